The molecule has 0 saturated carbocycles. The Labute approximate surface area is 101 Å². The molecule has 0 aliphatic heterocycles. The Hall–Kier alpha value is -0.540. The van der Waals surface area contributed by atoms with Crippen molar-refractivity contribution in [2.24, 2.45) is 5.73 Å². The van der Waals surface area contributed by atoms with Crippen molar-refractivity contribution >= 4 is 21.6 Å². The fraction of sp³-hybridized carbons (Fsp3) is 0.500. The lowest BCUT2D eigenvalue weighted by Gasteiger charge is -2.26. The van der Waals surface area contributed by atoms with Crippen LogP contribution in [-0.2, 0) is 6.54 Å². The van der Waals surface area contributed by atoms with Crippen LogP contribution in [-0.4, -0.2) is 13.1 Å². The van der Waals surface area contributed by atoms with Crippen molar-refractivity contribution in [2.75, 3.05) is 11.9 Å². The molecule has 0 aromatic heterocycles. The molecule has 3 heteroatoms. The van der Waals surface area contributed by atoms with E-state index in [2.05, 4.69) is 59.9 Å². The molecule has 1 atom stereocenters. The fourth-order valence-electron chi connectivity index (χ4n) is 1.45. The maximum Gasteiger partial charge on any atom is 0.0377 e. The predicted molar refractivity (Wildman–Crippen MR) is 70.2 cm³/mol. The molecule has 0 aliphatic rings. The van der Waals surface area contributed by atoms with E-state index in [1.165, 1.54) is 5.69 Å². The van der Waals surface area contributed by atoms with E-state index >= 15 is 0 Å². The normalized spacial score (nSPS) is 12.6. The number of anilines is 1. The number of halogens is 1. The molecule has 2 nitrogen and oxygen atoms in total. The number of hydrogen-bond donors (Lipinski definition) is 1. The van der Waals surface area contributed by atoms with Crippen molar-refractivity contribution in [3.63, 3.8) is 0 Å². The van der Waals surface area contributed by atoms with Crippen LogP contribution in [0.2, 0.25) is 0 Å². The number of hydrogen-bond acceptors (Lipinski definition) is 2. The van der Waals surface area contributed by atoms with Gasteiger partial charge in [-0.2, -0.15) is 0 Å². The minimum absolute atomic E-state index is 0.556. The average Bonchev–Trinajstić information content (AvgIpc) is 2.26. The van der Waals surface area contributed by atoms with Gasteiger partial charge in [0, 0.05) is 29.8 Å². The summed E-state index contributed by atoms with van der Waals surface area (Å²) >= 11 is 3.54. The predicted octanol–water partition coefficient (Wildman–Crippen LogP) is 3.14. The molecule has 2 N–H and O–H groups in total. The first-order chi connectivity index (χ1) is 7.10. The summed E-state index contributed by atoms with van der Waals surface area (Å²) < 4.78 is 1.10. The first-order valence-electron chi connectivity index (χ1n) is 5.31. The molecule has 0 radical (unpaired) electrons. The lowest BCUT2D eigenvalue weighted by atomic mass is 10.1. The second-order valence-corrected chi connectivity index (χ2v) is 4.70. The van der Waals surface area contributed by atoms with Gasteiger partial charge in [0.2, 0.25) is 0 Å². The molecule has 0 heterocycles. The highest BCUT2D eigenvalue weighted by atomic mass is 79.9. The highest BCUT2D eigenvalue weighted by molar-refractivity contribution is 9.10. The molecule has 15 heavy (non-hydrogen) atoms. The van der Waals surface area contributed by atoms with E-state index in [1.54, 1.807) is 0 Å². The third-order valence-electron chi connectivity index (χ3n) is 2.92. The van der Waals surface area contributed by atoms with Gasteiger partial charge in [-0.1, -0.05) is 28.9 Å². The molecule has 1 aromatic rings. The number of nitrogens with two attached hydrogens (primary N) is 1. The molecule has 0 bridgehead atoms. The number of nitrogens with zero attached hydrogens (tertiary/aromatic N) is 1. The molecule has 0 aliphatic carbocycles. The first kappa shape index (κ1) is 12.5. The Morgan fingerprint density at radius 1 is 1.47 bits per heavy atom. The van der Waals surface area contributed by atoms with E-state index < -0.39 is 0 Å². The Morgan fingerprint density at radius 2 is 2.13 bits per heavy atom. The minimum atomic E-state index is 0.556. The van der Waals surface area contributed by atoms with Crippen molar-refractivity contribution in [3.05, 3.63) is 28.2 Å². The molecule has 0 amide bonds. The van der Waals surface area contributed by atoms with E-state index in [4.69, 9.17) is 5.73 Å². The van der Waals surface area contributed by atoms with Gasteiger partial charge in [0.15, 0.2) is 0 Å². The summed E-state index contributed by atoms with van der Waals surface area (Å²) in [6.07, 6.45) is 1.15. The SMILES string of the molecule is CCC(C)N(C)c1ccc(CN)c(Br)c1. The van der Waals surface area contributed by atoms with E-state index in [0.717, 1.165) is 16.5 Å². The minimum Gasteiger partial charge on any atom is -0.372 e. The lowest BCUT2D eigenvalue weighted by molar-refractivity contribution is 0.663. The second-order valence-electron chi connectivity index (χ2n) is 3.85. The third kappa shape index (κ3) is 2.95. The highest BCUT2D eigenvalue weighted by Crippen LogP contribution is 2.24. The zero-order valence-corrected chi connectivity index (χ0v) is 11.2. The average molecular weight is 271 g/mol. The van der Waals surface area contributed by atoms with Crippen molar-refractivity contribution in [1.29, 1.82) is 0 Å². The molecule has 0 fully saturated rings. The highest BCUT2D eigenvalue weighted by Gasteiger charge is 2.09. The van der Waals surface area contributed by atoms with Crippen molar-refractivity contribution in [3.8, 4) is 0 Å². The molecular weight excluding hydrogens is 252 g/mol. The van der Waals surface area contributed by atoms with Gasteiger partial charge in [0.25, 0.3) is 0 Å². The van der Waals surface area contributed by atoms with Crippen LogP contribution in [0.5, 0.6) is 0 Å². The summed E-state index contributed by atoms with van der Waals surface area (Å²) in [5.41, 5.74) is 8.00. The number of benzene rings is 1. The van der Waals surface area contributed by atoms with Gasteiger partial charge in [0.05, 0.1) is 0 Å². The van der Waals surface area contributed by atoms with Crippen LogP contribution in [0.15, 0.2) is 22.7 Å². The van der Waals surface area contributed by atoms with Gasteiger partial charge in [-0.05, 0) is 31.0 Å². The summed E-state index contributed by atoms with van der Waals surface area (Å²) in [6, 6.07) is 6.90. The maximum absolute atomic E-state index is 5.62. The summed E-state index contributed by atoms with van der Waals surface area (Å²) in [5, 5.41) is 0. The van der Waals surface area contributed by atoms with Crippen molar-refractivity contribution in [1.82, 2.24) is 0 Å². The molecule has 0 spiro atoms. The van der Waals surface area contributed by atoms with E-state index in [-0.39, 0.29) is 0 Å². The van der Waals surface area contributed by atoms with Gasteiger partial charge in [-0.3, -0.25) is 0 Å². The fourth-order valence-corrected chi connectivity index (χ4v) is 1.98. The van der Waals surface area contributed by atoms with E-state index in [1.807, 2.05) is 0 Å². The Bertz CT molecular complexity index is 325. The molecule has 0 saturated heterocycles. The Kier molecular flexibility index (Phi) is 4.61. The monoisotopic (exact) mass is 270 g/mol. The molecule has 1 unspecified atom stereocenters. The largest absolute Gasteiger partial charge is 0.372 e. The quantitative estimate of drug-likeness (QED) is 0.911. The zero-order chi connectivity index (χ0) is 11.4. The van der Waals surface area contributed by atoms with E-state index in [0.29, 0.717) is 12.6 Å². The molecule has 84 valence electrons. The van der Waals surface area contributed by atoms with Crippen LogP contribution in [0.25, 0.3) is 0 Å². The van der Waals surface area contributed by atoms with Crippen LogP contribution in [0.1, 0.15) is 25.8 Å². The zero-order valence-electron chi connectivity index (χ0n) is 9.63. The van der Waals surface area contributed by atoms with Gasteiger partial charge in [0.1, 0.15) is 0 Å². The smallest absolute Gasteiger partial charge is 0.0377 e. The lowest BCUT2D eigenvalue weighted by Crippen LogP contribution is -2.27. The van der Waals surface area contributed by atoms with Crippen LogP contribution in [0, 0.1) is 0 Å². The first-order valence-corrected chi connectivity index (χ1v) is 6.10. The number of rotatable bonds is 4. The van der Waals surface area contributed by atoms with Gasteiger partial charge >= 0.3 is 0 Å². The van der Waals surface area contributed by atoms with Crippen molar-refractivity contribution < 1.29 is 0 Å². The van der Waals surface area contributed by atoms with Gasteiger partial charge in [-0.15, -0.1) is 0 Å². The van der Waals surface area contributed by atoms with Gasteiger partial charge in [-0.25, -0.2) is 0 Å². The molecule has 1 rings (SSSR count). The standard InChI is InChI=1S/C12H19BrN2/c1-4-9(2)15(3)11-6-5-10(8-14)12(13)7-11/h5-7,9H,4,8,14H2,1-3H3. The van der Waals surface area contributed by atoms with Crippen LogP contribution < -0.4 is 10.6 Å². The van der Waals surface area contributed by atoms with Crippen LogP contribution in [0.4, 0.5) is 5.69 Å². The molecular formula is C12H19BrN2. The Morgan fingerprint density at radius 3 is 2.60 bits per heavy atom. The summed E-state index contributed by atoms with van der Waals surface area (Å²) in [4.78, 5) is 2.28. The van der Waals surface area contributed by atoms with Gasteiger partial charge < -0.3 is 10.6 Å². The van der Waals surface area contributed by atoms with Crippen LogP contribution in [0.3, 0.4) is 0 Å². The maximum atomic E-state index is 5.62. The molecule has 1 aromatic carbocycles. The van der Waals surface area contributed by atoms with Crippen molar-refractivity contribution in [2.45, 2.75) is 32.9 Å². The summed E-state index contributed by atoms with van der Waals surface area (Å²) in [5.74, 6) is 0. The Balaban J connectivity index is 2.92. The second kappa shape index (κ2) is 5.52. The summed E-state index contributed by atoms with van der Waals surface area (Å²) in [7, 11) is 2.12. The van der Waals surface area contributed by atoms with E-state index in [9.17, 15) is 0 Å². The third-order valence-corrected chi connectivity index (χ3v) is 3.65. The summed E-state index contributed by atoms with van der Waals surface area (Å²) in [6.45, 7) is 5.00. The topological polar surface area (TPSA) is 29.3 Å². The van der Waals surface area contributed by atoms with Crippen LogP contribution >= 0.6 is 15.9 Å².